The Balaban J connectivity index is 2.58. The summed E-state index contributed by atoms with van der Waals surface area (Å²) in [5.74, 6) is -0.679. The van der Waals surface area contributed by atoms with Gasteiger partial charge < -0.3 is 9.15 Å². The van der Waals surface area contributed by atoms with Crippen LogP contribution in [0, 0.1) is 0 Å². The van der Waals surface area contributed by atoms with Crippen molar-refractivity contribution in [1.29, 1.82) is 0 Å². The van der Waals surface area contributed by atoms with Crippen molar-refractivity contribution in [3.05, 3.63) is 40.5 Å². The first-order valence-corrected chi connectivity index (χ1v) is 4.77. The second kappa shape index (κ2) is 4.14. The monoisotopic (exact) mass is 219 g/mol. The standard InChI is InChI=1S/C11H9NO4/c1-2-15-10(13)8-5-7-6-12-4-3-9(7)16-11(8)14/h3-6H,2H2,1H3. The maximum absolute atomic E-state index is 11.5. The number of carbonyl (C=O) groups excluding carboxylic acids is 1. The summed E-state index contributed by atoms with van der Waals surface area (Å²) in [6, 6.07) is 2.98. The molecular weight excluding hydrogens is 210 g/mol. The first-order valence-electron chi connectivity index (χ1n) is 4.77. The zero-order valence-corrected chi connectivity index (χ0v) is 8.60. The van der Waals surface area contributed by atoms with Crippen molar-refractivity contribution in [2.45, 2.75) is 6.92 Å². The maximum Gasteiger partial charge on any atom is 0.351 e. The van der Waals surface area contributed by atoms with Gasteiger partial charge in [0.05, 0.1) is 6.61 Å². The number of ether oxygens (including phenoxy) is 1. The molecule has 0 fully saturated rings. The fourth-order valence-electron chi connectivity index (χ4n) is 1.32. The van der Waals surface area contributed by atoms with Gasteiger partial charge in [0.1, 0.15) is 11.1 Å². The molecule has 2 aromatic heterocycles. The number of aromatic nitrogens is 1. The van der Waals surface area contributed by atoms with Gasteiger partial charge >= 0.3 is 11.6 Å². The van der Waals surface area contributed by atoms with Gasteiger partial charge in [0.15, 0.2) is 0 Å². The predicted molar refractivity (Wildman–Crippen MR) is 56.2 cm³/mol. The Hall–Kier alpha value is -2.17. The van der Waals surface area contributed by atoms with Crippen LogP contribution in [0.2, 0.25) is 0 Å². The summed E-state index contributed by atoms with van der Waals surface area (Å²) in [6.45, 7) is 1.88. The van der Waals surface area contributed by atoms with Crippen LogP contribution in [0.4, 0.5) is 0 Å². The Kier molecular flexibility index (Phi) is 2.68. The molecule has 16 heavy (non-hydrogen) atoms. The number of hydrogen-bond acceptors (Lipinski definition) is 5. The van der Waals surface area contributed by atoms with Crippen molar-refractivity contribution in [2.24, 2.45) is 0 Å². The van der Waals surface area contributed by atoms with Crippen LogP contribution in [0.3, 0.4) is 0 Å². The van der Waals surface area contributed by atoms with E-state index in [1.165, 1.54) is 18.5 Å². The third kappa shape index (κ3) is 1.79. The Morgan fingerprint density at radius 3 is 3.12 bits per heavy atom. The Bertz CT molecular complexity index is 588. The van der Waals surface area contributed by atoms with Crippen LogP contribution in [0.25, 0.3) is 11.0 Å². The molecule has 2 rings (SSSR count). The number of esters is 1. The molecule has 0 atom stereocenters. The average molecular weight is 219 g/mol. The first-order chi connectivity index (χ1) is 7.72. The molecular formula is C11H9NO4. The highest BCUT2D eigenvalue weighted by atomic mass is 16.5. The second-order valence-corrected chi connectivity index (χ2v) is 3.08. The molecule has 2 heterocycles. The quantitative estimate of drug-likeness (QED) is 0.713. The summed E-state index contributed by atoms with van der Waals surface area (Å²) in [7, 11) is 0. The number of hydrogen-bond donors (Lipinski definition) is 0. The van der Waals surface area contributed by atoms with Gasteiger partial charge in [-0.05, 0) is 19.1 Å². The lowest BCUT2D eigenvalue weighted by Crippen LogP contribution is -2.16. The molecule has 0 N–H and O–H groups in total. The van der Waals surface area contributed by atoms with Crippen molar-refractivity contribution >= 4 is 16.9 Å². The van der Waals surface area contributed by atoms with E-state index in [4.69, 9.17) is 9.15 Å². The van der Waals surface area contributed by atoms with Crippen LogP contribution in [-0.2, 0) is 4.74 Å². The predicted octanol–water partition coefficient (Wildman–Crippen LogP) is 1.36. The van der Waals surface area contributed by atoms with Gasteiger partial charge in [-0.15, -0.1) is 0 Å². The lowest BCUT2D eigenvalue weighted by Gasteiger charge is -2.01. The SMILES string of the molecule is CCOC(=O)c1cc2cnccc2oc1=O. The van der Waals surface area contributed by atoms with E-state index in [2.05, 4.69) is 4.98 Å². The molecule has 0 aliphatic heterocycles. The fraction of sp³-hybridized carbons (Fsp3) is 0.182. The maximum atomic E-state index is 11.5. The van der Waals surface area contributed by atoms with E-state index < -0.39 is 11.6 Å². The first kappa shape index (κ1) is 10.4. The lowest BCUT2D eigenvalue weighted by atomic mass is 10.2. The molecule has 0 radical (unpaired) electrons. The van der Waals surface area contributed by atoms with Crippen LogP contribution in [0.1, 0.15) is 17.3 Å². The highest BCUT2D eigenvalue weighted by Crippen LogP contribution is 2.11. The molecule has 0 saturated heterocycles. The van der Waals surface area contributed by atoms with E-state index in [1.54, 1.807) is 13.0 Å². The number of rotatable bonds is 2. The summed E-state index contributed by atoms with van der Waals surface area (Å²) in [4.78, 5) is 26.7. The van der Waals surface area contributed by atoms with Gasteiger partial charge in [0, 0.05) is 17.8 Å². The van der Waals surface area contributed by atoms with Crippen molar-refractivity contribution in [2.75, 3.05) is 6.61 Å². The van der Waals surface area contributed by atoms with Crippen LogP contribution in [0.15, 0.2) is 33.7 Å². The number of carbonyl (C=O) groups is 1. The summed E-state index contributed by atoms with van der Waals surface area (Å²) >= 11 is 0. The molecule has 5 nitrogen and oxygen atoms in total. The van der Waals surface area contributed by atoms with Crippen LogP contribution in [0.5, 0.6) is 0 Å². The van der Waals surface area contributed by atoms with Gasteiger partial charge in [-0.3, -0.25) is 4.98 Å². The van der Waals surface area contributed by atoms with E-state index in [1.807, 2.05) is 0 Å². The molecule has 2 aromatic rings. The van der Waals surface area contributed by atoms with Gasteiger partial charge in [-0.25, -0.2) is 9.59 Å². The minimum Gasteiger partial charge on any atom is -0.462 e. The van der Waals surface area contributed by atoms with Crippen LogP contribution < -0.4 is 5.63 Å². The molecule has 0 amide bonds. The average Bonchev–Trinajstić information content (AvgIpc) is 2.28. The molecule has 0 aliphatic rings. The normalized spacial score (nSPS) is 10.3. The van der Waals surface area contributed by atoms with Gasteiger partial charge in [0.2, 0.25) is 0 Å². The van der Waals surface area contributed by atoms with Crippen molar-refractivity contribution in [3.63, 3.8) is 0 Å². The summed E-state index contributed by atoms with van der Waals surface area (Å²) in [5.41, 5.74) is -0.410. The zero-order chi connectivity index (χ0) is 11.5. The highest BCUT2D eigenvalue weighted by Gasteiger charge is 2.14. The van der Waals surface area contributed by atoms with E-state index in [-0.39, 0.29) is 12.2 Å². The highest BCUT2D eigenvalue weighted by molar-refractivity contribution is 5.92. The molecule has 82 valence electrons. The Morgan fingerprint density at radius 1 is 1.56 bits per heavy atom. The molecule has 0 aromatic carbocycles. The van der Waals surface area contributed by atoms with Crippen molar-refractivity contribution < 1.29 is 13.9 Å². The third-order valence-corrected chi connectivity index (χ3v) is 2.03. The molecule has 0 saturated carbocycles. The minimum absolute atomic E-state index is 0.109. The Labute approximate surface area is 90.7 Å². The number of pyridine rings is 1. The van der Waals surface area contributed by atoms with Crippen LogP contribution >= 0.6 is 0 Å². The topological polar surface area (TPSA) is 69.4 Å². The summed E-state index contributed by atoms with van der Waals surface area (Å²) < 4.78 is 9.70. The van der Waals surface area contributed by atoms with Gasteiger partial charge in [-0.1, -0.05) is 0 Å². The molecule has 0 unspecified atom stereocenters. The summed E-state index contributed by atoms with van der Waals surface area (Å²) in [5, 5.41) is 0.588. The number of nitrogens with zero attached hydrogens (tertiary/aromatic N) is 1. The van der Waals surface area contributed by atoms with E-state index in [0.717, 1.165) is 0 Å². The third-order valence-electron chi connectivity index (χ3n) is 2.03. The van der Waals surface area contributed by atoms with E-state index in [0.29, 0.717) is 11.0 Å². The molecule has 0 bridgehead atoms. The largest absolute Gasteiger partial charge is 0.462 e. The van der Waals surface area contributed by atoms with E-state index >= 15 is 0 Å². The minimum atomic E-state index is -0.697. The van der Waals surface area contributed by atoms with Gasteiger partial charge in [-0.2, -0.15) is 0 Å². The van der Waals surface area contributed by atoms with Crippen molar-refractivity contribution in [1.82, 2.24) is 4.98 Å². The molecule has 5 heteroatoms. The smallest absolute Gasteiger partial charge is 0.351 e. The van der Waals surface area contributed by atoms with Gasteiger partial charge in [0.25, 0.3) is 0 Å². The second-order valence-electron chi connectivity index (χ2n) is 3.08. The van der Waals surface area contributed by atoms with Crippen LogP contribution in [-0.4, -0.2) is 17.6 Å². The fourth-order valence-corrected chi connectivity index (χ4v) is 1.32. The zero-order valence-electron chi connectivity index (χ0n) is 8.60. The van der Waals surface area contributed by atoms with Crippen molar-refractivity contribution in [3.8, 4) is 0 Å². The molecule has 0 spiro atoms. The molecule has 0 aliphatic carbocycles. The Morgan fingerprint density at radius 2 is 2.38 bits per heavy atom. The number of fused-ring (bicyclic) bond motifs is 1. The van der Waals surface area contributed by atoms with E-state index in [9.17, 15) is 9.59 Å². The summed E-state index contributed by atoms with van der Waals surface area (Å²) in [6.07, 6.45) is 3.02. The lowest BCUT2D eigenvalue weighted by molar-refractivity contribution is 0.0522.